The van der Waals surface area contributed by atoms with Gasteiger partial charge in [0.15, 0.2) is 11.5 Å². The highest BCUT2D eigenvalue weighted by Crippen LogP contribution is 2.29. The van der Waals surface area contributed by atoms with Gasteiger partial charge in [0, 0.05) is 18.7 Å². The second kappa shape index (κ2) is 7.11. The molecule has 2 N–H and O–H groups in total. The molecule has 0 saturated heterocycles. The number of hydrogen-bond donors (Lipinski definition) is 2. The molecule has 1 aromatic rings. The summed E-state index contributed by atoms with van der Waals surface area (Å²) < 4.78 is 37.2. The van der Waals surface area contributed by atoms with E-state index in [0.717, 1.165) is 13.0 Å². The fourth-order valence-corrected chi connectivity index (χ4v) is 3.04. The van der Waals surface area contributed by atoms with Crippen LogP contribution >= 0.6 is 0 Å². The predicted octanol–water partition coefficient (Wildman–Crippen LogP) is 1.12. The Labute approximate surface area is 125 Å². The normalized spacial score (nSPS) is 15.0. The molecule has 21 heavy (non-hydrogen) atoms. The summed E-state index contributed by atoms with van der Waals surface area (Å²) in [6.07, 6.45) is 3.23. The molecule has 0 amide bonds. The van der Waals surface area contributed by atoms with Crippen LogP contribution in [0.3, 0.4) is 0 Å². The van der Waals surface area contributed by atoms with Crippen molar-refractivity contribution in [1.29, 1.82) is 0 Å². The Bertz CT molecular complexity index is 570. The van der Waals surface area contributed by atoms with Gasteiger partial charge in [-0.15, -0.1) is 0 Å². The van der Waals surface area contributed by atoms with E-state index in [1.165, 1.54) is 39.2 Å². The second-order valence-electron chi connectivity index (χ2n) is 5.00. The van der Waals surface area contributed by atoms with Crippen molar-refractivity contribution in [3.63, 3.8) is 0 Å². The summed E-state index contributed by atoms with van der Waals surface area (Å²) in [7, 11) is -0.528. The molecule has 0 aliphatic heterocycles. The van der Waals surface area contributed by atoms with Crippen LogP contribution in [-0.4, -0.2) is 41.8 Å². The molecular formula is C14H22N2O4S. The third-order valence-corrected chi connectivity index (χ3v) is 4.78. The summed E-state index contributed by atoms with van der Waals surface area (Å²) in [6.45, 7) is 1.25. The zero-order valence-corrected chi connectivity index (χ0v) is 13.2. The number of hydrogen-bond acceptors (Lipinski definition) is 5. The van der Waals surface area contributed by atoms with Crippen LogP contribution < -0.4 is 19.5 Å². The third kappa shape index (κ3) is 4.59. The van der Waals surface area contributed by atoms with Crippen LogP contribution in [0.25, 0.3) is 0 Å². The maximum absolute atomic E-state index is 12.2. The summed E-state index contributed by atoms with van der Waals surface area (Å²) in [5, 5.41) is 3.34. The zero-order valence-electron chi connectivity index (χ0n) is 12.4. The first-order valence-corrected chi connectivity index (χ1v) is 8.50. The highest BCUT2D eigenvalue weighted by Gasteiger charge is 2.20. The Balaban J connectivity index is 1.91. The fraction of sp³-hybridized carbons (Fsp3) is 0.571. The number of rotatable bonds is 9. The number of ether oxygens (including phenoxy) is 2. The first-order chi connectivity index (χ1) is 10.1. The molecule has 1 fully saturated rings. The Morgan fingerprint density at radius 2 is 1.86 bits per heavy atom. The van der Waals surface area contributed by atoms with E-state index in [1.54, 1.807) is 6.07 Å². The summed E-state index contributed by atoms with van der Waals surface area (Å²) in [5.41, 5.74) is 0. The molecule has 1 aromatic carbocycles. The van der Waals surface area contributed by atoms with Crippen molar-refractivity contribution < 1.29 is 17.9 Å². The monoisotopic (exact) mass is 314 g/mol. The first kappa shape index (κ1) is 16.1. The second-order valence-corrected chi connectivity index (χ2v) is 6.76. The maximum Gasteiger partial charge on any atom is 0.240 e. The van der Waals surface area contributed by atoms with Crippen molar-refractivity contribution in [1.82, 2.24) is 10.0 Å². The molecule has 6 nitrogen and oxygen atoms in total. The van der Waals surface area contributed by atoms with Gasteiger partial charge in [0.25, 0.3) is 0 Å². The Morgan fingerprint density at radius 3 is 2.48 bits per heavy atom. The van der Waals surface area contributed by atoms with Crippen LogP contribution in [-0.2, 0) is 10.0 Å². The topological polar surface area (TPSA) is 76.7 Å². The molecule has 0 unspecified atom stereocenters. The van der Waals surface area contributed by atoms with Gasteiger partial charge < -0.3 is 14.8 Å². The Hall–Kier alpha value is -1.31. The van der Waals surface area contributed by atoms with E-state index in [1.807, 2.05) is 0 Å². The van der Waals surface area contributed by atoms with E-state index >= 15 is 0 Å². The van der Waals surface area contributed by atoms with Gasteiger partial charge in [0.05, 0.1) is 19.1 Å². The Kier molecular flexibility index (Phi) is 5.44. The highest BCUT2D eigenvalue weighted by molar-refractivity contribution is 7.89. The number of methoxy groups -OCH3 is 2. The molecule has 1 aliphatic rings. The van der Waals surface area contributed by atoms with Crippen LogP contribution in [0.5, 0.6) is 11.5 Å². The summed E-state index contributed by atoms with van der Waals surface area (Å²) in [4.78, 5) is 0.176. The van der Waals surface area contributed by atoms with Gasteiger partial charge in [-0.3, -0.25) is 0 Å². The van der Waals surface area contributed by atoms with Gasteiger partial charge in [-0.25, -0.2) is 13.1 Å². The molecule has 7 heteroatoms. The van der Waals surface area contributed by atoms with Crippen LogP contribution in [0.2, 0.25) is 0 Å². The average Bonchev–Trinajstić information content (AvgIpc) is 3.30. The summed E-state index contributed by atoms with van der Waals surface area (Å²) in [5.74, 6) is 0.904. The molecule has 118 valence electrons. The average molecular weight is 314 g/mol. The van der Waals surface area contributed by atoms with E-state index in [4.69, 9.17) is 9.47 Å². The van der Waals surface area contributed by atoms with Gasteiger partial charge in [-0.1, -0.05) is 0 Å². The zero-order chi connectivity index (χ0) is 15.3. The summed E-state index contributed by atoms with van der Waals surface area (Å²) in [6, 6.07) is 5.20. The minimum Gasteiger partial charge on any atom is -0.493 e. The fourth-order valence-electron chi connectivity index (χ4n) is 1.96. The number of benzene rings is 1. The van der Waals surface area contributed by atoms with Crippen LogP contribution in [0.1, 0.15) is 19.3 Å². The van der Waals surface area contributed by atoms with Gasteiger partial charge in [0.1, 0.15) is 0 Å². The van der Waals surface area contributed by atoms with Crippen LogP contribution in [0.4, 0.5) is 0 Å². The van der Waals surface area contributed by atoms with Crippen LogP contribution in [0, 0.1) is 0 Å². The SMILES string of the molecule is COc1ccc(S(=O)(=O)NCCCNC2CC2)cc1OC. The van der Waals surface area contributed by atoms with Crippen molar-refractivity contribution in [3.05, 3.63) is 18.2 Å². The van der Waals surface area contributed by atoms with Gasteiger partial charge in [0.2, 0.25) is 10.0 Å². The molecule has 1 saturated carbocycles. The maximum atomic E-state index is 12.2. The van der Waals surface area contributed by atoms with Crippen LogP contribution in [0.15, 0.2) is 23.1 Å². The molecule has 0 heterocycles. The quantitative estimate of drug-likeness (QED) is 0.668. The highest BCUT2D eigenvalue weighted by atomic mass is 32.2. The predicted molar refractivity (Wildman–Crippen MR) is 80.4 cm³/mol. The van der Waals surface area contributed by atoms with E-state index in [9.17, 15) is 8.42 Å². The number of nitrogens with one attached hydrogen (secondary N) is 2. The van der Waals surface area contributed by atoms with Crippen molar-refractivity contribution in [3.8, 4) is 11.5 Å². The van der Waals surface area contributed by atoms with Crippen molar-refractivity contribution >= 4 is 10.0 Å². The molecule has 2 rings (SSSR count). The molecular weight excluding hydrogens is 292 g/mol. The van der Waals surface area contributed by atoms with Gasteiger partial charge in [-0.05, 0) is 37.9 Å². The molecule has 0 radical (unpaired) electrons. The van der Waals surface area contributed by atoms with Gasteiger partial charge >= 0.3 is 0 Å². The molecule has 0 atom stereocenters. The molecule has 0 bridgehead atoms. The standard InChI is InChI=1S/C14H22N2O4S/c1-19-13-7-6-12(10-14(13)20-2)21(17,18)16-9-3-8-15-11-4-5-11/h6-7,10-11,15-16H,3-5,8-9H2,1-2H3. The van der Waals surface area contributed by atoms with Crippen molar-refractivity contribution in [2.75, 3.05) is 27.3 Å². The smallest absolute Gasteiger partial charge is 0.240 e. The molecule has 0 spiro atoms. The Morgan fingerprint density at radius 1 is 1.14 bits per heavy atom. The number of sulfonamides is 1. The van der Waals surface area contributed by atoms with Crippen molar-refractivity contribution in [2.24, 2.45) is 0 Å². The largest absolute Gasteiger partial charge is 0.493 e. The van der Waals surface area contributed by atoms with E-state index in [2.05, 4.69) is 10.0 Å². The summed E-state index contributed by atoms with van der Waals surface area (Å²) >= 11 is 0. The minimum absolute atomic E-state index is 0.176. The van der Waals surface area contributed by atoms with E-state index in [-0.39, 0.29) is 4.90 Å². The van der Waals surface area contributed by atoms with Crippen molar-refractivity contribution in [2.45, 2.75) is 30.2 Å². The first-order valence-electron chi connectivity index (χ1n) is 7.02. The lowest BCUT2D eigenvalue weighted by atomic mass is 10.3. The molecule has 1 aliphatic carbocycles. The van der Waals surface area contributed by atoms with E-state index < -0.39 is 10.0 Å². The minimum atomic E-state index is -3.52. The third-order valence-electron chi connectivity index (χ3n) is 3.32. The lowest BCUT2D eigenvalue weighted by molar-refractivity contribution is 0.354. The lowest BCUT2D eigenvalue weighted by Gasteiger charge is -2.11. The lowest BCUT2D eigenvalue weighted by Crippen LogP contribution is -2.28. The van der Waals surface area contributed by atoms with Gasteiger partial charge in [-0.2, -0.15) is 0 Å². The van der Waals surface area contributed by atoms with E-state index in [0.29, 0.717) is 24.1 Å². The molecule has 0 aromatic heterocycles.